The van der Waals surface area contributed by atoms with E-state index >= 15 is 0 Å². The highest BCUT2D eigenvalue weighted by molar-refractivity contribution is 5.83. The molecular formula is C16H16N2O4. The summed E-state index contributed by atoms with van der Waals surface area (Å²) in [5.41, 5.74) is 3.04. The van der Waals surface area contributed by atoms with Crippen molar-refractivity contribution in [1.82, 2.24) is 5.43 Å². The molecule has 0 saturated heterocycles. The van der Waals surface area contributed by atoms with Crippen LogP contribution in [0.5, 0.6) is 17.2 Å². The Bertz CT molecular complexity index is 656. The molecule has 2 aromatic rings. The average Bonchev–Trinajstić information content (AvgIpc) is 2.55. The van der Waals surface area contributed by atoms with Gasteiger partial charge in [0.2, 0.25) is 0 Å². The van der Waals surface area contributed by atoms with Crippen molar-refractivity contribution in [3.05, 3.63) is 54.1 Å². The summed E-state index contributed by atoms with van der Waals surface area (Å²) in [5, 5.41) is 13.3. The minimum Gasteiger partial charge on any atom is -0.504 e. The van der Waals surface area contributed by atoms with Crippen LogP contribution < -0.4 is 14.9 Å². The molecule has 1 amide bonds. The van der Waals surface area contributed by atoms with Gasteiger partial charge in [-0.25, -0.2) is 5.43 Å². The Morgan fingerprint density at radius 1 is 1.27 bits per heavy atom. The van der Waals surface area contributed by atoms with Gasteiger partial charge in [-0.1, -0.05) is 18.2 Å². The van der Waals surface area contributed by atoms with Crippen LogP contribution in [0.1, 0.15) is 5.56 Å². The number of benzene rings is 2. The second-order valence-corrected chi connectivity index (χ2v) is 4.33. The van der Waals surface area contributed by atoms with Gasteiger partial charge in [0.05, 0.1) is 13.3 Å². The van der Waals surface area contributed by atoms with Gasteiger partial charge in [0.15, 0.2) is 18.1 Å². The van der Waals surface area contributed by atoms with E-state index in [9.17, 15) is 9.90 Å². The van der Waals surface area contributed by atoms with Gasteiger partial charge < -0.3 is 14.6 Å². The maximum absolute atomic E-state index is 11.6. The fourth-order valence-corrected chi connectivity index (χ4v) is 1.65. The number of aromatic hydroxyl groups is 1. The zero-order valence-corrected chi connectivity index (χ0v) is 12.0. The molecule has 0 aliphatic carbocycles. The normalized spacial score (nSPS) is 10.4. The highest BCUT2D eigenvalue weighted by atomic mass is 16.5. The molecule has 22 heavy (non-hydrogen) atoms. The molecule has 0 unspecified atom stereocenters. The van der Waals surface area contributed by atoms with Crippen molar-refractivity contribution in [1.29, 1.82) is 0 Å². The lowest BCUT2D eigenvalue weighted by Crippen LogP contribution is -2.24. The second kappa shape index (κ2) is 7.68. The van der Waals surface area contributed by atoms with Crippen LogP contribution in [-0.4, -0.2) is 30.9 Å². The molecular weight excluding hydrogens is 284 g/mol. The van der Waals surface area contributed by atoms with Gasteiger partial charge in [-0.3, -0.25) is 4.79 Å². The van der Waals surface area contributed by atoms with Crippen LogP contribution in [0.4, 0.5) is 0 Å². The number of carbonyl (C=O) groups excluding carboxylic acids is 1. The van der Waals surface area contributed by atoms with Crippen LogP contribution >= 0.6 is 0 Å². The van der Waals surface area contributed by atoms with E-state index in [2.05, 4.69) is 10.5 Å². The molecule has 0 bridgehead atoms. The number of phenols is 1. The van der Waals surface area contributed by atoms with E-state index < -0.39 is 0 Å². The maximum atomic E-state index is 11.6. The van der Waals surface area contributed by atoms with Gasteiger partial charge in [-0.15, -0.1) is 0 Å². The van der Waals surface area contributed by atoms with E-state index in [1.165, 1.54) is 19.4 Å². The third-order valence-corrected chi connectivity index (χ3v) is 2.72. The highest BCUT2D eigenvalue weighted by Gasteiger charge is 2.02. The van der Waals surface area contributed by atoms with Gasteiger partial charge in [0, 0.05) is 0 Å². The molecule has 0 heterocycles. The lowest BCUT2D eigenvalue weighted by Gasteiger charge is -2.05. The summed E-state index contributed by atoms with van der Waals surface area (Å²) in [6.45, 7) is -0.125. The molecule has 0 aromatic heterocycles. The molecule has 0 spiro atoms. The number of rotatable bonds is 6. The summed E-state index contributed by atoms with van der Waals surface area (Å²) >= 11 is 0. The van der Waals surface area contributed by atoms with Crippen LogP contribution in [0.3, 0.4) is 0 Å². The van der Waals surface area contributed by atoms with Gasteiger partial charge in [0.1, 0.15) is 5.75 Å². The number of hydrogen-bond donors (Lipinski definition) is 2. The number of hydrogen-bond acceptors (Lipinski definition) is 5. The number of amides is 1. The molecule has 0 aliphatic heterocycles. The Hall–Kier alpha value is -3.02. The van der Waals surface area contributed by atoms with E-state index in [-0.39, 0.29) is 18.3 Å². The summed E-state index contributed by atoms with van der Waals surface area (Å²) in [5.74, 6) is 0.624. The Kier molecular flexibility index (Phi) is 5.37. The molecule has 114 valence electrons. The number of carbonyl (C=O) groups is 1. The first-order valence-corrected chi connectivity index (χ1v) is 6.56. The number of ether oxygens (including phenoxy) is 2. The summed E-state index contributed by atoms with van der Waals surface area (Å²) in [6, 6.07) is 13.8. The minimum absolute atomic E-state index is 0.0416. The SMILES string of the molecule is COc1cc(/C=N/NC(=O)COc2ccccc2)ccc1O. The van der Waals surface area contributed by atoms with E-state index in [1.54, 1.807) is 24.3 Å². The predicted octanol–water partition coefficient (Wildman–Crippen LogP) is 1.93. The Morgan fingerprint density at radius 2 is 2.05 bits per heavy atom. The topological polar surface area (TPSA) is 80.2 Å². The van der Waals surface area contributed by atoms with Crippen molar-refractivity contribution in [2.24, 2.45) is 5.10 Å². The van der Waals surface area contributed by atoms with Crippen LogP contribution in [-0.2, 0) is 4.79 Å². The van der Waals surface area contributed by atoms with Crippen molar-refractivity contribution in [3.63, 3.8) is 0 Å². The Balaban J connectivity index is 1.83. The molecule has 6 nitrogen and oxygen atoms in total. The van der Waals surface area contributed by atoms with Crippen LogP contribution in [0.2, 0.25) is 0 Å². The molecule has 2 aromatic carbocycles. The molecule has 0 fully saturated rings. The predicted molar refractivity (Wildman–Crippen MR) is 82.3 cm³/mol. The number of phenolic OH excluding ortho intramolecular Hbond substituents is 1. The lowest BCUT2D eigenvalue weighted by atomic mass is 10.2. The first-order valence-electron chi connectivity index (χ1n) is 6.56. The average molecular weight is 300 g/mol. The maximum Gasteiger partial charge on any atom is 0.277 e. The highest BCUT2D eigenvalue weighted by Crippen LogP contribution is 2.25. The molecule has 6 heteroatoms. The molecule has 0 aliphatic rings. The summed E-state index contributed by atoms with van der Waals surface area (Å²) in [6.07, 6.45) is 1.45. The quantitative estimate of drug-likeness (QED) is 0.631. The van der Waals surface area contributed by atoms with E-state index in [1.807, 2.05) is 18.2 Å². The first kappa shape index (κ1) is 15.4. The van der Waals surface area contributed by atoms with Crippen LogP contribution in [0, 0.1) is 0 Å². The smallest absolute Gasteiger partial charge is 0.277 e. The van der Waals surface area contributed by atoms with E-state index in [4.69, 9.17) is 9.47 Å². The van der Waals surface area contributed by atoms with Gasteiger partial charge in [-0.05, 0) is 35.9 Å². The number of para-hydroxylation sites is 1. The summed E-state index contributed by atoms with van der Waals surface area (Å²) in [7, 11) is 1.46. The number of hydrazone groups is 1. The van der Waals surface area contributed by atoms with Crippen molar-refractivity contribution in [2.45, 2.75) is 0 Å². The van der Waals surface area contributed by atoms with Crippen molar-refractivity contribution < 1.29 is 19.4 Å². The van der Waals surface area contributed by atoms with Gasteiger partial charge in [0.25, 0.3) is 5.91 Å². The van der Waals surface area contributed by atoms with Crippen molar-refractivity contribution >= 4 is 12.1 Å². The number of nitrogens with zero attached hydrogens (tertiary/aromatic N) is 1. The molecule has 2 N–H and O–H groups in total. The van der Waals surface area contributed by atoms with Crippen LogP contribution in [0.25, 0.3) is 0 Å². The molecule has 0 atom stereocenters. The fourth-order valence-electron chi connectivity index (χ4n) is 1.65. The van der Waals surface area contributed by atoms with Crippen LogP contribution in [0.15, 0.2) is 53.6 Å². The standard InChI is InChI=1S/C16H16N2O4/c1-21-15-9-12(7-8-14(15)19)10-17-18-16(20)11-22-13-5-3-2-4-6-13/h2-10,19H,11H2,1H3,(H,18,20)/b17-10+. The Labute approximate surface area is 128 Å². The molecule has 0 radical (unpaired) electrons. The number of nitrogens with one attached hydrogen (secondary N) is 1. The third kappa shape index (κ3) is 4.52. The minimum atomic E-state index is -0.370. The van der Waals surface area contributed by atoms with E-state index in [0.717, 1.165) is 0 Å². The van der Waals surface area contributed by atoms with Gasteiger partial charge >= 0.3 is 0 Å². The Morgan fingerprint density at radius 3 is 2.77 bits per heavy atom. The molecule has 2 rings (SSSR count). The first-order chi connectivity index (χ1) is 10.7. The molecule has 0 saturated carbocycles. The summed E-state index contributed by atoms with van der Waals surface area (Å²) in [4.78, 5) is 11.6. The second-order valence-electron chi connectivity index (χ2n) is 4.33. The zero-order valence-electron chi connectivity index (χ0n) is 12.0. The third-order valence-electron chi connectivity index (χ3n) is 2.72. The van der Waals surface area contributed by atoms with E-state index in [0.29, 0.717) is 17.1 Å². The van der Waals surface area contributed by atoms with Crippen molar-refractivity contribution in [2.75, 3.05) is 13.7 Å². The lowest BCUT2D eigenvalue weighted by molar-refractivity contribution is -0.123. The largest absolute Gasteiger partial charge is 0.504 e. The zero-order chi connectivity index (χ0) is 15.8. The van der Waals surface area contributed by atoms with Gasteiger partial charge in [-0.2, -0.15) is 5.10 Å². The monoisotopic (exact) mass is 300 g/mol. The fraction of sp³-hybridized carbons (Fsp3) is 0.125. The van der Waals surface area contributed by atoms with Crippen molar-refractivity contribution in [3.8, 4) is 17.2 Å². The summed E-state index contributed by atoms with van der Waals surface area (Å²) < 4.78 is 10.3. The number of methoxy groups -OCH3 is 1.